The van der Waals surface area contributed by atoms with Gasteiger partial charge in [-0.25, -0.2) is 4.79 Å². The standard InChI is InChI=1S/C17H14INO6/c1-10-7-12(4-5-15(10)24-2)25-17-13(18)8-11(3-6-16(20)21)9-14(17)19(22)23/h3-9H,1-2H3,(H,20,21). The summed E-state index contributed by atoms with van der Waals surface area (Å²) in [6.45, 7) is 1.84. The van der Waals surface area contributed by atoms with E-state index in [4.69, 9.17) is 14.6 Å². The molecule has 0 aliphatic rings. The highest BCUT2D eigenvalue weighted by molar-refractivity contribution is 14.1. The van der Waals surface area contributed by atoms with Gasteiger partial charge in [0.1, 0.15) is 11.5 Å². The highest BCUT2D eigenvalue weighted by atomic mass is 127. The first kappa shape index (κ1) is 18.7. The lowest BCUT2D eigenvalue weighted by Gasteiger charge is -2.11. The number of rotatable bonds is 6. The van der Waals surface area contributed by atoms with Gasteiger partial charge >= 0.3 is 11.7 Å². The van der Waals surface area contributed by atoms with Crippen LogP contribution in [0.4, 0.5) is 5.69 Å². The largest absolute Gasteiger partial charge is 0.496 e. The lowest BCUT2D eigenvalue weighted by molar-refractivity contribution is -0.385. The smallest absolute Gasteiger partial charge is 0.328 e. The van der Waals surface area contributed by atoms with E-state index in [1.165, 1.54) is 12.1 Å². The summed E-state index contributed by atoms with van der Waals surface area (Å²) in [6, 6.07) is 7.97. The van der Waals surface area contributed by atoms with Gasteiger partial charge in [0, 0.05) is 12.1 Å². The second kappa shape index (κ2) is 7.97. The minimum atomic E-state index is -1.13. The minimum absolute atomic E-state index is 0.0997. The van der Waals surface area contributed by atoms with E-state index in [9.17, 15) is 14.9 Å². The van der Waals surface area contributed by atoms with Crippen molar-refractivity contribution in [1.82, 2.24) is 0 Å². The zero-order chi connectivity index (χ0) is 18.6. The average molecular weight is 455 g/mol. The predicted octanol–water partition coefficient (Wildman–Crippen LogP) is 4.41. The van der Waals surface area contributed by atoms with Crippen LogP contribution in [0.15, 0.2) is 36.4 Å². The molecule has 1 N–H and O–H groups in total. The number of hydrogen-bond donors (Lipinski definition) is 1. The molecule has 0 radical (unpaired) electrons. The predicted molar refractivity (Wildman–Crippen MR) is 100 cm³/mol. The molecule has 0 aliphatic heterocycles. The Hall–Kier alpha value is -2.62. The van der Waals surface area contributed by atoms with Crippen molar-refractivity contribution < 1.29 is 24.3 Å². The zero-order valence-corrected chi connectivity index (χ0v) is 15.5. The Morgan fingerprint density at radius 3 is 2.60 bits per heavy atom. The van der Waals surface area contributed by atoms with E-state index in [0.29, 0.717) is 20.6 Å². The lowest BCUT2D eigenvalue weighted by atomic mass is 10.1. The number of carboxylic acid groups (broad SMARTS) is 1. The Labute approximate surface area is 157 Å². The summed E-state index contributed by atoms with van der Waals surface area (Å²) in [4.78, 5) is 21.4. The summed E-state index contributed by atoms with van der Waals surface area (Å²) in [7, 11) is 1.56. The number of aliphatic carboxylic acids is 1. The fourth-order valence-corrected chi connectivity index (χ4v) is 2.88. The molecule has 0 atom stereocenters. The maximum absolute atomic E-state index is 11.4. The molecule has 2 aromatic rings. The topological polar surface area (TPSA) is 98.9 Å². The van der Waals surface area contributed by atoms with Crippen LogP contribution in [0.1, 0.15) is 11.1 Å². The van der Waals surface area contributed by atoms with E-state index < -0.39 is 10.9 Å². The van der Waals surface area contributed by atoms with Crippen molar-refractivity contribution in [1.29, 1.82) is 0 Å². The fraction of sp³-hybridized carbons (Fsp3) is 0.118. The number of carboxylic acids is 1. The number of ether oxygens (including phenoxy) is 2. The Morgan fingerprint density at radius 1 is 1.32 bits per heavy atom. The molecule has 130 valence electrons. The number of halogens is 1. The van der Waals surface area contributed by atoms with Gasteiger partial charge in [0.2, 0.25) is 5.75 Å². The maximum atomic E-state index is 11.4. The molecule has 25 heavy (non-hydrogen) atoms. The Morgan fingerprint density at radius 2 is 2.04 bits per heavy atom. The van der Waals surface area contributed by atoms with Gasteiger partial charge in [-0.05, 0) is 71.0 Å². The second-order valence-electron chi connectivity index (χ2n) is 5.01. The SMILES string of the molecule is COc1ccc(Oc2c(I)cc(C=CC(=O)O)cc2[N+](=O)[O-])cc1C. The summed E-state index contributed by atoms with van der Waals surface area (Å²) >= 11 is 1.92. The van der Waals surface area contributed by atoms with E-state index in [-0.39, 0.29) is 11.4 Å². The van der Waals surface area contributed by atoms with Crippen LogP contribution >= 0.6 is 22.6 Å². The normalized spacial score (nSPS) is 10.7. The Balaban J connectivity index is 2.44. The highest BCUT2D eigenvalue weighted by Crippen LogP contribution is 2.38. The molecule has 7 nitrogen and oxygen atoms in total. The van der Waals surface area contributed by atoms with E-state index in [1.54, 1.807) is 31.4 Å². The molecule has 0 saturated heterocycles. The van der Waals surface area contributed by atoms with Gasteiger partial charge in [-0.15, -0.1) is 0 Å². The zero-order valence-electron chi connectivity index (χ0n) is 13.4. The molecule has 0 unspecified atom stereocenters. The van der Waals surface area contributed by atoms with Crippen LogP contribution < -0.4 is 9.47 Å². The Bertz CT molecular complexity index is 862. The van der Waals surface area contributed by atoms with Gasteiger partial charge in [0.25, 0.3) is 0 Å². The van der Waals surface area contributed by atoms with Crippen LogP contribution in [0, 0.1) is 20.6 Å². The average Bonchev–Trinajstić information content (AvgIpc) is 2.54. The number of carbonyl (C=O) groups is 1. The van der Waals surface area contributed by atoms with Crippen molar-refractivity contribution in [3.05, 3.63) is 61.2 Å². The third kappa shape index (κ3) is 4.69. The van der Waals surface area contributed by atoms with E-state index in [1.807, 2.05) is 29.5 Å². The molecule has 0 amide bonds. The van der Waals surface area contributed by atoms with Gasteiger partial charge in [-0.2, -0.15) is 0 Å². The molecule has 0 aliphatic carbocycles. The van der Waals surface area contributed by atoms with E-state index >= 15 is 0 Å². The summed E-state index contributed by atoms with van der Waals surface area (Å²) < 4.78 is 11.4. The van der Waals surface area contributed by atoms with Gasteiger partial charge in [-0.3, -0.25) is 10.1 Å². The molecule has 2 rings (SSSR count). The van der Waals surface area contributed by atoms with Gasteiger partial charge in [0.05, 0.1) is 15.6 Å². The molecule has 8 heteroatoms. The van der Waals surface area contributed by atoms with Crippen molar-refractivity contribution in [3.8, 4) is 17.2 Å². The first-order valence-electron chi connectivity index (χ1n) is 7.03. The number of nitro benzene ring substituents is 1. The van der Waals surface area contributed by atoms with Crippen molar-refractivity contribution in [2.24, 2.45) is 0 Å². The van der Waals surface area contributed by atoms with Crippen LogP contribution in [0.3, 0.4) is 0 Å². The molecule has 0 aromatic heterocycles. The Kier molecular flexibility index (Phi) is 5.97. The van der Waals surface area contributed by atoms with Gasteiger partial charge < -0.3 is 14.6 Å². The van der Waals surface area contributed by atoms with E-state index in [0.717, 1.165) is 11.6 Å². The highest BCUT2D eigenvalue weighted by Gasteiger charge is 2.21. The van der Waals surface area contributed by atoms with E-state index in [2.05, 4.69) is 0 Å². The summed E-state index contributed by atoms with van der Waals surface area (Å²) in [5.74, 6) is 0.0909. The number of hydrogen-bond acceptors (Lipinski definition) is 5. The summed E-state index contributed by atoms with van der Waals surface area (Å²) in [6.07, 6.45) is 2.21. The number of aryl methyl sites for hydroxylation is 1. The number of nitro groups is 1. The molecule has 0 fully saturated rings. The first-order chi connectivity index (χ1) is 11.8. The van der Waals surface area contributed by atoms with Crippen LogP contribution in [0.2, 0.25) is 0 Å². The van der Waals surface area contributed by atoms with Crippen molar-refractivity contribution >= 4 is 40.3 Å². The monoisotopic (exact) mass is 455 g/mol. The third-order valence-corrected chi connectivity index (χ3v) is 4.05. The van der Waals surface area contributed by atoms with Crippen LogP contribution in [0.5, 0.6) is 17.2 Å². The number of methoxy groups -OCH3 is 1. The summed E-state index contributed by atoms with van der Waals surface area (Å²) in [5, 5.41) is 20.1. The van der Waals surface area contributed by atoms with Crippen molar-refractivity contribution in [2.75, 3.05) is 7.11 Å². The molecule has 2 aromatic carbocycles. The first-order valence-corrected chi connectivity index (χ1v) is 8.11. The van der Waals surface area contributed by atoms with Crippen LogP contribution in [0.25, 0.3) is 6.08 Å². The fourth-order valence-electron chi connectivity index (χ4n) is 2.13. The molecule has 0 heterocycles. The van der Waals surface area contributed by atoms with Crippen molar-refractivity contribution in [3.63, 3.8) is 0 Å². The van der Waals surface area contributed by atoms with Crippen LogP contribution in [-0.2, 0) is 4.79 Å². The van der Waals surface area contributed by atoms with Crippen molar-refractivity contribution in [2.45, 2.75) is 6.92 Å². The molecule has 0 bridgehead atoms. The molecular weight excluding hydrogens is 441 g/mol. The van der Waals surface area contributed by atoms with Gasteiger partial charge in [0.15, 0.2) is 0 Å². The number of nitrogens with zero attached hydrogens (tertiary/aromatic N) is 1. The quantitative estimate of drug-likeness (QED) is 0.300. The van der Waals surface area contributed by atoms with Crippen LogP contribution in [-0.4, -0.2) is 23.1 Å². The minimum Gasteiger partial charge on any atom is -0.496 e. The lowest BCUT2D eigenvalue weighted by Crippen LogP contribution is -1.98. The maximum Gasteiger partial charge on any atom is 0.328 e. The third-order valence-electron chi connectivity index (χ3n) is 3.25. The summed E-state index contributed by atoms with van der Waals surface area (Å²) in [5.41, 5.74) is 0.987. The van der Waals surface area contributed by atoms with Gasteiger partial charge in [-0.1, -0.05) is 0 Å². The number of benzene rings is 2. The molecule has 0 spiro atoms. The molecular formula is C17H14INO6. The second-order valence-corrected chi connectivity index (χ2v) is 6.18. The molecule has 0 saturated carbocycles.